The van der Waals surface area contributed by atoms with Gasteiger partial charge in [-0.15, -0.1) is 34.2 Å². The van der Waals surface area contributed by atoms with Gasteiger partial charge >= 0.3 is 0 Å². The van der Waals surface area contributed by atoms with Gasteiger partial charge in [-0.05, 0) is 32.0 Å². The summed E-state index contributed by atoms with van der Waals surface area (Å²) in [6.07, 6.45) is 0. The molecule has 1 aromatic heterocycles. The molecule has 0 radical (unpaired) electrons. The molecule has 9 heteroatoms. The predicted molar refractivity (Wildman–Crippen MR) is 116 cm³/mol. The summed E-state index contributed by atoms with van der Waals surface area (Å²) >= 11 is 5.96. The monoisotopic (exact) mass is 492 g/mol. The zero-order valence-electron chi connectivity index (χ0n) is 15.6. The Morgan fingerprint density at radius 1 is 1.38 bits per heavy atom. The number of ether oxygens (including phenoxy) is 1. The molecule has 0 aliphatic rings. The van der Waals surface area contributed by atoms with Gasteiger partial charge in [0.05, 0.1) is 6.54 Å². The van der Waals surface area contributed by atoms with Crippen molar-refractivity contribution in [3.8, 4) is 5.75 Å². The van der Waals surface area contributed by atoms with Crippen LogP contribution in [0.3, 0.4) is 0 Å². The molecule has 0 aliphatic heterocycles. The van der Waals surface area contributed by atoms with E-state index >= 15 is 0 Å². The molecule has 0 fully saturated rings. The van der Waals surface area contributed by atoms with E-state index in [0.717, 1.165) is 29.9 Å². The molecule has 0 amide bonds. The standard InChI is InChI=1S/C17H25ClN6O.HI/c1-5-19-17(20-12-16-22-21-13(2)24(16)4)23(3)9-10-25-15-8-6-7-14(18)11-15;/h6-8,11H,5,9-10,12H2,1-4H3,(H,19,20);1H. The average molecular weight is 493 g/mol. The van der Waals surface area contributed by atoms with E-state index in [4.69, 9.17) is 16.3 Å². The highest BCUT2D eigenvalue weighted by molar-refractivity contribution is 14.0. The van der Waals surface area contributed by atoms with Crippen LogP contribution in [0.5, 0.6) is 5.75 Å². The first-order valence-corrected chi connectivity index (χ1v) is 8.61. The molecule has 1 N–H and O–H groups in total. The molecule has 0 bridgehead atoms. The van der Waals surface area contributed by atoms with Gasteiger partial charge in [-0.1, -0.05) is 17.7 Å². The van der Waals surface area contributed by atoms with E-state index in [0.29, 0.717) is 24.7 Å². The van der Waals surface area contributed by atoms with E-state index in [1.807, 2.05) is 55.6 Å². The third-order valence-electron chi connectivity index (χ3n) is 3.74. The van der Waals surface area contributed by atoms with Gasteiger partial charge in [0.1, 0.15) is 24.7 Å². The van der Waals surface area contributed by atoms with Crippen LogP contribution in [0.2, 0.25) is 5.02 Å². The number of nitrogens with one attached hydrogen (secondary N) is 1. The molecular weight excluding hydrogens is 467 g/mol. The zero-order chi connectivity index (χ0) is 18.2. The fourth-order valence-electron chi connectivity index (χ4n) is 2.17. The zero-order valence-corrected chi connectivity index (χ0v) is 18.7. The number of halogens is 2. The van der Waals surface area contributed by atoms with E-state index in [2.05, 4.69) is 20.5 Å². The second kappa shape index (κ2) is 11.2. The average Bonchev–Trinajstić information content (AvgIpc) is 2.90. The number of hydrogen-bond acceptors (Lipinski definition) is 4. The van der Waals surface area contributed by atoms with Gasteiger partial charge in [0.15, 0.2) is 11.8 Å². The first-order chi connectivity index (χ1) is 12.0. The molecule has 2 aromatic rings. The summed E-state index contributed by atoms with van der Waals surface area (Å²) in [5.74, 6) is 3.27. The van der Waals surface area contributed by atoms with Crippen LogP contribution in [-0.4, -0.2) is 52.4 Å². The molecule has 2 rings (SSSR count). The topological polar surface area (TPSA) is 67.6 Å². The van der Waals surface area contributed by atoms with Crippen molar-refractivity contribution in [2.75, 3.05) is 26.7 Å². The minimum absolute atomic E-state index is 0. The highest BCUT2D eigenvalue weighted by atomic mass is 127. The number of likely N-dealkylation sites (N-methyl/N-ethyl adjacent to an activating group) is 1. The van der Waals surface area contributed by atoms with Crippen molar-refractivity contribution in [3.63, 3.8) is 0 Å². The van der Waals surface area contributed by atoms with Gasteiger partial charge < -0.3 is 19.5 Å². The number of benzene rings is 1. The molecule has 7 nitrogen and oxygen atoms in total. The normalized spacial score (nSPS) is 11.0. The molecular formula is C17H26ClIN6O. The number of aliphatic imine (C=N–C) groups is 1. The minimum Gasteiger partial charge on any atom is -0.492 e. The van der Waals surface area contributed by atoms with Crippen molar-refractivity contribution < 1.29 is 4.74 Å². The largest absolute Gasteiger partial charge is 0.492 e. The van der Waals surface area contributed by atoms with Crippen molar-refractivity contribution in [1.29, 1.82) is 0 Å². The first-order valence-electron chi connectivity index (χ1n) is 8.24. The maximum atomic E-state index is 5.96. The minimum atomic E-state index is 0. The summed E-state index contributed by atoms with van der Waals surface area (Å²) in [5, 5.41) is 12.1. The summed E-state index contributed by atoms with van der Waals surface area (Å²) in [5.41, 5.74) is 0. The Morgan fingerprint density at radius 2 is 2.15 bits per heavy atom. The van der Waals surface area contributed by atoms with Crippen LogP contribution in [0.25, 0.3) is 0 Å². The summed E-state index contributed by atoms with van der Waals surface area (Å²) in [7, 11) is 3.92. The van der Waals surface area contributed by atoms with Gasteiger partial charge in [0.2, 0.25) is 0 Å². The van der Waals surface area contributed by atoms with E-state index in [1.54, 1.807) is 6.07 Å². The molecule has 0 saturated carbocycles. The third-order valence-corrected chi connectivity index (χ3v) is 3.98. The van der Waals surface area contributed by atoms with Crippen LogP contribution in [-0.2, 0) is 13.6 Å². The van der Waals surface area contributed by atoms with E-state index in [9.17, 15) is 0 Å². The second-order valence-electron chi connectivity index (χ2n) is 5.62. The van der Waals surface area contributed by atoms with Crippen LogP contribution in [0, 0.1) is 6.92 Å². The highest BCUT2D eigenvalue weighted by Crippen LogP contribution is 2.16. The van der Waals surface area contributed by atoms with Crippen LogP contribution in [0.1, 0.15) is 18.6 Å². The highest BCUT2D eigenvalue weighted by Gasteiger charge is 2.08. The number of rotatable bonds is 7. The summed E-state index contributed by atoms with van der Waals surface area (Å²) < 4.78 is 7.68. The molecule has 0 spiro atoms. The summed E-state index contributed by atoms with van der Waals surface area (Å²) in [6.45, 7) is 6.44. The predicted octanol–water partition coefficient (Wildman–Crippen LogP) is 2.87. The number of aromatic nitrogens is 3. The Kier molecular flexibility index (Phi) is 9.71. The summed E-state index contributed by atoms with van der Waals surface area (Å²) in [6, 6.07) is 7.39. The first kappa shape index (κ1) is 22.5. The Hall–Kier alpha value is -1.55. The summed E-state index contributed by atoms with van der Waals surface area (Å²) in [4.78, 5) is 6.65. The molecule has 1 heterocycles. The lowest BCUT2D eigenvalue weighted by Gasteiger charge is -2.22. The maximum absolute atomic E-state index is 5.96. The lowest BCUT2D eigenvalue weighted by atomic mass is 10.3. The Morgan fingerprint density at radius 3 is 2.77 bits per heavy atom. The molecule has 0 aliphatic carbocycles. The quantitative estimate of drug-likeness (QED) is 0.366. The van der Waals surface area contributed by atoms with Crippen molar-refractivity contribution in [2.45, 2.75) is 20.4 Å². The van der Waals surface area contributed by atoms with Crippen LogP contribution < -0.4 is 10.1 Å². The molecule has 1 aromatic carbocycles. The molecule has 0 atom stereocenters. The van der Waals surface area contributed by atoms with E-state index < -0.39 is 0 Å². The number of nitrogens with zero attached hydrogens (tertiary/aromatic N) is 5. The van der Waals surface area contributed by atoms with Gasteiger partial charge in [-0.3, -0.25) is 0 Å². The molecule has 26 heavy (non-hydrogen) atoms. The third kappa shape index (κ3) is 6.64. The second-order valence-corrected chi connectivity index (χ2v) is 6.06. The van der Waals surface area contributed by atoms with Crippen molar-refractivity contribution in [1.82, 2.24) is 25.0 Å². The van der Waals surface area contributed by atoms with Gasteiger partial charge in [-0.2, -0.15) is 0 Å². The Labute approximate surface area is 176 Å². The van der Waals surface area contributed by atoms with E-state index in [1.165, 1.54) is 0 Å². The molecule has 0 saturated heterocycles. The maximum Gasteiger partial charge on any atom is 0.194 e. The Bertz CT molecular complexity index is 721. The molecule has 0 unspecified atom stereocenters. The van der Waals surface area contributed by atoms with Gasteiger partial charge in [0, 0.05) is 25.7 Å². The van der Waals surface area contributed by atoms with Crippen molar-refractivity contribution in [3.05, 3.63) is 40.9 Å². The number of guanidine groups is 1. The number of hydrogen-bond donors (Lipinski definition) is 1. The van der Waals surface area contributed by atoms with Crippen molar-refractivity contribution in [2.24, 2.45) is 12.0 Å². The fraction of sp³-hybridized carbons (Fsp3) is 0.471. The Balaban J connectivity index is 0.00000338. The van der Waals surface area contributed by atoms with Gasteiger partial charge in [-0.25, -0.2) is 4.99 Å². The van der Waals surface area contributed by atoms with E-state index in [-0.39, 0.29) is 24.0 Å². The van der Waals surface area contributed by atoms with Gasteiger partial charge in [0.25, 0.3) is 0 Å². The lowest BCUT2D eigenvalue weighted by Crippen LogP contribution is -2.40. The lowest BCUT2D eigenvalue weighted by molar-refractivity contribution is 0.281. The van der Waals surface area contributed by atoms with Crippen LogP contribution in [0.4, 0.5) is 0 Å². The van der Waals surface area contributed by atoms with Crippen LogP contribution in [0.15, 0.2) is 29.3 Å². The fourth-order valence-corrected chi connectivity index (χ4v) is 2.35. The smallest absolute Gasteiger partial charge is 0.194 e. The van der Waals surface area contributed by atoms with Crippen molar-refractivity contribution >= 4 is 41.5 Å². The number of aryl methyl sites for hydroxylation is 1. The SMILES string of the molecule is CCNC(=NCc1nnc(C)n1C)N(C)CCOc1cccc(Cl)c1.I. The molecule has 144 valence electrons. The van der Waals surface area contributed by atoms with Crippen LogP contribution >= 0.6 is 35.6 Å².